The number of nitrogens with zero attached hydrogens (tertiary/aromatic N) is 2. The molecule has 8 heteroatoms. The lowest BCUT2D eigenvalue weighted by Crippen LogP contribution is -2.12. The summed E-state index contributed by atoms with van der Waals surface area (Å²) in [4.78, 5) is 14.2. The monoisotopic (exact) mass is 381 g/mol. The third-order valence-corrected chi connectivity index (χ3v) is 5.03. The van der Waals surface area contributed by atoms with E-state index in [4.69, 9.17) is 0 Å². The Morgan fingerprint density at radius 2 is 1.74 bits per heavy atom. The number of nitrogens with one attached hydrogen (secondary N) is 1. The molecule has 0 atom stereocenters. The van der Waals surface area contributed by atoms with Crippen LogP contribution in [-0.4, -0.2) is 18.3 Å². The first-order valence-corrected chi connectivity index (χ1v) is 9.39. The number of non-ortho nitro benzene ring substituents is 1. The molecular weight excluding hydrogens is 366 g/mol. The number of aromatic nitrogens is 1. The molecule has 3 rings (SSSR count). The van der Waals surface area contributed by atoms with Crippen LogP contribution in [0.4, 0.5) is 11.4 Å². The molecule has 3 aromatic rings. The molecule has 0 radical (unpaired) electrons. The van der Waals surface area contributed by atoms with Crippen molar-refractivity contribution in [3.8, 4) is 0 Å². The number of nitro groups is 1. The van der Waals surface area contributed by atoms with E-state index in [9.17, 15) is 18.5 Å². The van der Waals surface area contributed by atoms with Crippen molar-refractivity contribution in [1.29, 1.82) is 0 Å². The lowest BCUT2D eigenvalue weighted by molar-refractivity contribution is -0.384. The Morgan fingerprint density at radius 1 is 0.963 bits per heavy atom. The van der Waals surface area contributed by atoms with Crippen molar-refractivity contribution in [3.63, 3.8) is 0 Å². The second kappa shape index (κ2) is 7.79. The first kappa shape index (κ1) is 18.3. The van der Waals surface area contributed by atoms with Crippen LogP contribution in [0.25, 0.3) is 12.2 Å². The van der Waals surface area contributed by atoms with Gasteiger partial charge in [-0.2, -0.15) is 0 Å². The van der Waals surface area contributed by atoms with Crippen LogP contribution in [-0.2, 0) is 10.0 Å². The first-order valence-electron chi connectivity index (χ1n) is 7.90. The Hall–Kier alpha value is -3.52. The quantitative estimate of drug-likeness (QED) is 0.514. The van der Waals surface area contributed by atoms with Crippen molar-refractivity contribution < 1.29 is 13.3 Å². The van der Waals surface area contributed by atoms with Crippen LogP contribution in [0.15, 0.2) is 77.8 Å². The van der Waals surface area contributed by atoms with Gasteiger partial charge in [0.15, 0.2) is 0 Å². The highest BCUT2D eigenvalue weighted by Crippen LogP contribution is 2.20. The number of rotatable bonds is 6. The molecule has 0 amide bonds. The van der Waals surface area contributed by atoms with Gasteiger partial charge in [0.2, 0.25) is 0 Å². The maximum Gasteiger partial charge on any atom is 0.269 e. The summed E-state index contributed by atoms with van der Waals surface area (Å²) in [5.74, 6) is 0. The van der Waals surface area contributed by atoms with Crippen molar-refractivity contribution >= 4 is 33.6 Å². The molecule has 0 saturated carbocycles. The summed E-state index contributed by atoms with van der Waals surface area (Å²) < 4.78 is 27.4. The van der Waals surface area contributed by atoms with Crippen molar-refractivity contribution in [2.45, 2.75) is 4.90 Å². The Balaban J connectivity index is 1.78. The molecule has 0 aliphatic heterocycles. The van der Waals surface area contributed by atoms with Gasteiger partial charge in [-0.1, -0.05) is 24.3 Å². The minimum Gasteiger partial charge on any atom is -0.280 e. The predicted molar refractivity (Wildman–Crippen MR) is 104 cm³/mol. The molecule has 7 nitrogen and oxygen atoms in total. The van der Waals surface area contributed by atoms with Gasteiger partial charge >= 0.3 is 0 Å². The molecule has 1 N–H and O–H groups in total. The van der Waals surface area contributed by atoms with Crippen molar-refractivity contribution in [2.75, 3.05) is 4.72 Å². The second-order valence-electron chi connectivity index (χ2n) is 5.57. The van der Waals surface area contributed by atoms with E-state index < -0.39 is 14.9 Å². The molecule has 0 saturated heterocycles. The van der Waals surface area contributed by atoms with E-state index in [1.165, 1.54) is 12.1 Å². The lowest BCUT2D eigenvalue weighted by Gasteiger charge is -2.08. The molecule has 1 heterocycles. The summed E-state index contributed by atoms with van der Waals surface area (Å²) in [6.45, 7) is 0. The van der Waals surface area contributed by atoms with Crippen LogP contribution < -0.4 is 4.72 Å². The predicted octanol–water partition coefficient (Wildman–Crippen LogP) is 3.96. The maximum atomic E-state index is 12.5. The Labute approximate surface area is 156 Å². The van der Waals surface area contributed by atoms with E-state index in [-0.39, 0.29) is 10.6 Å². The van der Waals surface area contributed by atoms with Gasteiger partial charge in [-0.15, -0.1) is 0 Å². The van der Waals surface area contributed by atoms with Gasteiger partial charge in [0.25, 0.3) is 15.7 Å². The van der Waals surface area contributed by atoms with Crippen LogP contribution >= 0.6 is 0 Å². The topological polar surface area (TPSA) is 102 Å². The zero-order valence-corrected chi connectivity index (χ0v) is 14.8. The number of hydrogen-bond acceptors (Lipinski definition) is 5. The summed E-state index contributed by atoms with van der Waals surface area (Å²) in [6, 6.07) is 17.1. The third-order valence-electron chi connectivity index (χ3n) is 3.63. The van der Waals surface area contributed by atoms with Crippen molar-refractivity contribution in [1.82, 2.24) is 4.98 Å². The van der Waals surface area contributed by atoms with E-state index >= 15 is 0 Å². The average Bonchev–Trinajstić information content (AvgIpc) is 2.67. The van der Waals surface area contributed by atoms with E-state index in [1.54, 1.807) is 24.4 Å². The average molecular weight is 381 g/mol. The largest absolute Gasteiger partial charge is 0.280 e. The Kier molecular flexibility index (Phi) is 5.28. The van der Waals surface area contributed by atoms with Crippen LogP contribution in [0.3, 0.4) is 0 Å². The molecule has 1 aromatic heterocycles. The maximum absolute atomic E-state index is 12.5. The first-order chi connectivity index (χ1) is 12.9. The minimum atomic E-state index is -3.85. The number of benzene rings is 2. The molecule has 0 aliphatic carbocycles. The van der Waals surface area contributed by atoms with Gasteiger partial charge in [-0.05, 0) is 48.0 Å². The molecule has 0 fully saturated rings. The Morgan fingerprint density at radius 3 is 2.41 bits per heavy atom. The molecule has 0 unspecified atom stereocenters. The fourth-order valence-corrected chi connectivity index (χ4v) is 3.37. The van der Waals surface area contributed by atoms with Crippen LogP contribution in [0.5, 0.6) is 0 Å². The number of sulfonamides is 1. The summed E-state index contributed by atoms with van der Waals surface area (Å²) >= 11 is 0. The van der Waals surface area contributed by atoms with Crippen molar-refractivity contribution in [3.05, 3.63) is 94.3 Å². The summed E-state index contributed by atoms with van der Waals surface area (Å²) in [6.07, 6.45) is 5.34. The fourth-order valence-electron chi connectivity index (χ4n) is 2.32. The molecule has 27 heavy (non-hydrogen) atoms. The molecular formula is C19H15N3O4S. The molecule has 0 bridgehead atoms. The van der Waals surface area contributed by atoms with E-state index in [0.717, 1.165) is 23.4 Å². The summed E-state index contributed by atoms with van der Waals surface area (Å²) in [5, 5.41) is 10.7. The van der Waals surface area contributed by atoms with Gasteiger partial charge in [-0.25, -0.2) is 8.42 Å². The van der Waals surface area contributed by atoms with Gasteiger partial charge in [0.1, 0.15) is 0 Å². The normalized spacial score (nSPS) is 11.4. The standard InChI is InChI=1S/C19H15N3O4S/c23-22(24)18-9-11-19(12-10-18)27(25,26)21-17-6-3-4-15(14-17)7-8-16-5-1-2-13-20-16/h1-14,21H/b8-7+. The van der Waals surface area contributed by atoms with E-state index in [2.05, 4.69) is 9.71 Å². The fraction of sp³-hybridized carbons (Fsp3) is 0. The third kappa shape index (κ3) is 4.77. The smallest absolute Gasteiger partial charge is 0.269 e. The molecule has 0 spiro atoms. The van der Waals surface area contributed by atoms with Crippen molar-refractivity contribution in [2.24, 2.45) is 0 Å². The van der Waals surface area contributed by atoms with Gasteiger partial charge < -0.3 is 0 Å². The molecule has 2 aromatic carbocycles. The molecule has 0 aliphatic rings. The van der Waals surface area contributed by atoms with Crippen LogP contribution in [0.1, 0.15) is 11.3 Å². The zero-order chi connectivity index (χ0) is 19.3. The van der Waals surface area contributed by atoms with Crippen LogP contribution in [0, 0.1) is 10.1 Å². The highest BCUT2D eigenvalue weighted by molar-refractivity contribution is 7.92. The zero-order valence-electron chi connectivity index (χ0n) is 14.0. The SMILES string of the molecule is O=[N+]([O-])c1ccc(S(=O)(=O)Nc2cccc(/C=C/c3ccccn3)c2)cc1. The van der Waals surface area contributed by atoms with Gasteiger partial charge in [0.05, 0.1) is 15.5 Å². The lowest BCUT2D eigenvalue weighted by atomic mass is 10.2. The number of anilines is 1. The highest BCUT2D eigenvalue weighted by atomic mass is 32.2. The number of pyridine rings is 1. The second-order valence-corrected chi connectivity index (χ2v) is 7.25. The summed E-state index contributed by atoms with van der Waals surface area (Å²) in [7, 11) is -3.85. The number of nitro benzene ring substituents is 1. The minimum absolute atomic E-state index is 0.0532. The number of hydrogen-bond donors (Lipinski definition) is 1. The van der Waals surface area contributed by atoms with Crippen LogP contribution in [0.2, 0.25) is 0 Å². The van der Waals surface area contributed by atoms with Gasteiger partial charge in [-0.3, -0.25) is 19.8 Å². The van der Waals surface area contributed by atoms with E-state index in [1.807, 2.05) is 36.4 Å². The Bertz CT molecular complexity index is 1080. The summed E-state index contributed by atoms with van der Waals surface area (Å²) in [5.41, 5.74) is 1.80. The highest BCUT2D eigenvalue weighted by Gasteiger charge is 2.16. The van der Waals surface area contributed by atoms with E-state index in [0.29, 0.717) is 5.69 Å². The van der Waals surface area contributed by atoms with Gasteiger partial charge in [0, 0.05) is 24.0 Å². The molecule has 136 valence electrons.